The zero-order valence-electron chi connectivity index (χ0n) is 14.4. The van der Waals surface area contributed by atoms with Crippen LogP contribution in [-0.4, -0.2) is 50.4 Å². The van der Waals surface area contributed by atoms with Gasteiger partial charge in [0.25, 0.3) is 11.9 Å². The summed E-state index contributed by atoms with van der Waals surface area (Å²) in [4.78, 5) is 19.3. The van der Waals surface area contributed by atoms with Crippen LogP contribution in [0, 0.1) is 17.3 Å². The Morgan fingerprint density at radius 2 is 1.89 bits per heavy atom. The second-order valence-electron chi connectivity index (χ2n) is 6.69. The molecule has 1 spiro atoms. The third-order valence-corrected chi connectivity index (χ3v) is 4.71. The van der Waals surface area contributed by atoms with Crippen molar-refractivity contribution < 1.29 is 28.5 Å². The summed E-state index contributed by atoms with van der Waals surface area (Å²) >= 11 is 0. The highest BCUT2D eigenvalue weighted by Crippen LogP contribution is 2.54. The highest BCUT2D eigenvalue weighted by atomic mass is 19.1. The van der Waals surface area contributed by atoms with Crippen LogP contribution in [0.3, 0.4) is 0 Å². The van der Waals surface area contributed by atoms with Crippen LogP contribution in [0.5, 0.6) is 11.5 Å². The number of aromatic nitrogens is 2. The van der Waals surface area contributed by atoms with Crippen LogP contribution < -0.4 is 4.74 Å². The minimum absolute atomic E-state index is 0.0737. The molecule has 1 aliphatic heterocycles. The lowest BCUT2D eigenvalue weighted by molar-refractivity contribution is 0.121. The number of aromatic hydroxyl groups is 1. The van der Waals surface area contributed by atoms with Gasteiger partial charge in [-0.25, -0.2) is 14.8 Å². The second-order valence-corrected chi connectivity index (χ2v) is 6.69. The minimum Gasteiger partial charge on any atom is -0.504 e. The Kier molecular flexibility index (Phi) is 5.38. The van der Waals surface area contributed by atoms with Gasteiger partial charge in [-0.05, 0) is 48.9 Å². The Morgan fingerprint density at radius 1 is 1.22 bits per heavy atom. The van der Waals surface area contributed by atoms with Gasteiger partial charge in [0.05, 0.1) is 6.04 Å². The van der Waals surface area contributed by atoms with Crippen LogP contribution >= 0.6 is 0 Å². The van der Waals surface area contributed by atoms with Gasteiger partial charge >= 0.3 is 6.09 Å². The van der Waals surface area contributed by atoms with Crippen LogP contribution in [0.4, 0.5) is 13.6 Å². The van der Waals surface area contributed by atoms with Crippen LogP contribution in [0.25, 0.3) is 0 Å². The van der Waals surface area contributed by atoms with Gasteiger partial charge in [0.1, 0.15) is 6.61 Å². The zero-order chi connectivity index (χ0) is 19.4. The first kappa shape index (κ1) is 18.8. The summed E-state index contributed by atoms with van der Waals surface area (Å²) in [6.45, 7) is 0.753. The Balaban J connectivity index is 0.000000221. The number of carbonyl (C=O) groups is 1. The molecule has 2 aromatic heterocycles. The average molecular weight is 379 g/mol. The third-order valence-electron chi connectivity index (χ3n) is 4.71. The van der Waals surface area contributed by atoms with E-state index in [2.05, 4.69) is 9.97 Å². The summed E-state index contributed by atoms with van der Waals surface area (Å²) in [7, 11) is 0. The minimum atomic E-state index is -0.927. The maximum absolute atomic E-state index is 13.3. The van der Waals surface area contributed by atoms with E-state index in [9.17, 15) is 18.7 Å². The lowest BCUT2D eigenvalue weighted by Crippen LogP contribution is -2.38. The van der Waals surface area contributed by atoms with Crippen molar-refractivity contribution in [1.29, 1.82) is 0 Å². The van der Waals surface area contributed by atoms with Crippen molar-refractivity contribution in [3.8, 4) is 11.5 Å². The predicted octanol–water partition coefficient (Wildman–Crippen LogP) is 3.06. The molecule has 2 fully saturated rings. The fraction of sp³-hybridized carbons (Fsp3) is 0.389. The molecule has 1 saturated carbocycles. The number of ether oxygens (including phenoxy) is 1. The number of likely N-dealkylation sites (tertiary alicyclic amines) is 1. The van der Waals surface area contributed by atoms with Gasteiger partial charge in [-0.1, -0.05) is 0 Å². The third kappa shape index (κ3) is 4.60. The molecule has 1 aliphatic carbocycles. The molecule has 4 rings (SSSR count). The summed E-state index contributed by atoms with van der Waals surface area (Å²) in [5.41, 5.74) is 0.167. The van der Waals surface area contributed by atoms with Gasteiger partial charge in [0, 0.05) is 18.9 Å². The fourth-order valence-corrected chi connectivity index (χ4v) is 3.12. The van der Waals surface area contributed by atoms with Crippen molar-refractivity contribution in [2.24, 2.45) is 5.41 Å². The van der Waals surface area contributed by atoms with Crippen molar-refractivity contribution >= 4 is 6.09 Å². The topological polar surface area (TPSA) is 95.8 Å². The first-order valence-electron chi connectivity index (χ1n) is 8.43. The van der Waals surface area contributed by atoms with E-state index in [0.717, 1.165) is 19.3 Å². The van der Waals surface area contributed by atoms with Crippen LogP contribution in [0.15, 0.2) is 36.7 Å². The molecular formula is C18H19F2N3O4. The van der Waals surface area contributed by atoms with Gasteiger partial charge < -0.3 is 19.8 Å². The van der Waals surface area contributed by atoms with Gasteiger partial charge in [-0.15, -0.1) is 0 Å². The molecule has 2 aromatic rings. The Bertz CT molecular complexity index is 796. The second kappa shape index (κ2) is 7.73. The molecule has 3 heterocycles. The van der Waals surface area contributed by atoms with Crippen molar-refractivity contribution in [3.05, 3.63) is 48.6 Å². The fourth-order valence-electron chi connectivity index (χ4n) is 3.12. The molecule has 2 N–H and O–H groups in total. The largest absolute Gasteiger partial charge is 0.504 e. The van der Waals surface area contributed by atoms with Crippen LogP contribution in [-0.2, 0) is 0 Å². The number of amides is 1. The van der Waals surface area contributed by atoms with E-state index in [1.165, 1.54) is 35.5 Å². The molecule has 7 nitrogen and oxygen atoms in total. The van der Waals surface area contributed by atoms with E-state index in [1.807, 2.05) is 0 Å². The number of nitrogens with zero attached hydrogens (tertiary/aromatic N) is 3. The van der Waals surface area contributed by atoms with Crippen LogP contribution in [0.2, 0.25) is 0 Å². The maximum Gasteiger partial charge on any atom is 0.407 e. The number of carboxylic acid groups (broad SMARTS) is 1. The number of hydrogen-bond donors (Lipinski definition) is 2. The highest BCUT2D eigenvalue weighted by Gasteiger charge is 2.53. The standard InChI is InChI=1S/C13H15FN2O3.C5H4FNO/c14-11-10(2-1-5-15-11)19-7-9-6-13(3-4-13)8-16(9)12(17)18;6-5-4(8)2-1-3-7-5/h1-2,5,9H,3-4,6-8H2,(H,17,18);1-3,8H. The monoisotopic (exact) mass is 379 g/mol. The molecule has 0 radical (unpaired) electrons. The molecule has 1 saturated heterocycles. The van der Waals surface area contributed by atoms with Crippen molar-refractivity contribution in [2.75, 3.05) is 13.2 Å². The van der Waals surface area contributed by atoms with E-state index in [4.69, 9.17) is 9.84 Å². The summed E-state index contributed by atoms with van der Waals surface area (Å²) in [5, 5.41) is 17.7. The average Bonchev–Trinajstić information content (AvgIpc) is 3.29. The van der Waals surface area contributed by atoms with Crippen molar-refractivity contribution in [3.63, 3.8) is 0 Å². The molecule has 27 heavy (non-hydrogen) atoms. The van der Waals surface area contributed by atoms with E-state index < -0.39 is 23.7 Å². The maximum atomic E-state index is 13.3. The first-order chi connectivity index (χ1) is 12.9. The highest BCUT2D eigenvalue weighted by molar-refractivity contribution is 5.66. The summed E-state index contributed by atoms with van der Waals surface area (Å²) in [6.07, 6.45) is 4.66. The van der Waals surface area contributed by atoms with Crippen molar-refractivity contribution in [2.45, 2.75) is 25.3 Å². The Hall–Kier alpha value is -2.97. The molecule has 1 amide bonds. The number of halogens is 2. The normalized spacial score (nSPS) is 19.3. The lowest BCUT2D eigenvalue weighted by Gasteiger charge is -2.21. The van der Waals surface area contributed by atoms with E-state index >= 15 is 0 Å². The molecule has 0 aromatic carbocycles. The molecule has 1 unspecified atom stereocenters. The van der Waals surface area contributed by atoms with E-state index in [0.29, 0.717) is 6.54 Å². The zero-order valence-corrected chi connectivity index (χ0v) is 14.4. The van der Waals surface area contributed by atoms with Gasteiger partial charge in [0.15, 0.2) is 11.5 Å². The smallest absolute Gasteiger partial charge is 0.407 e. The molecule has 2 aliphatic rings. The SMILES string of the molecule is O=C(O)N1CC2(CC2)CC1COc1cccnc1F.Oc1cccnc1F. The summed E-state index contributed by atoms with van der Waals surface area (Å²) in [6, 6.07) is 5.58. The molecular weight excluding hydrogens is 360 g/mol. The van der Waals surface area contributed by atoms with Crippen molar-refractivity contribution in [1.82, 2.24) is 14.9 Å². The summed E-state index contributed by atoms with van der Waals surface area (Å²) in [5.74, 6) is -1.83. The molecule has 0 bridgehead atoms. The van der Waals surface area contributed by atoms with E-state index in [-0.39, 0.29) is 23.8 Å². The van der Waals surface area contributed by atoms with E-state index in [1.54, 1.807) is 6.07 Å². The number of pyridine rings is 2. The number of rotatable bonds is 3. The van der Waals surface area contributed by atoms with Gasteiger partial charge in [-0.3, -0.25) is 0 Å². The number of hydrogen-bond acceptors (Lipinski definition) is 5. The summed E-state index contributed by atoms with van der Waals surface area (Å²) < 4.78 is 30.7. The van der Waals surface area contributed by atoms with Gasteiger partial charge in [-0.2, -0.15) is 8.78 Å². The quantitative estimate of drug-likeness (QED) is 0.796. The molecule has 1 atom stereocenters. The Morgan fingerprint density at radius 3 is 2.41 bits per heavy atom. The van der Waals surface area contributed by atoms with Crippen LogP contribution in [0.1, 0.15) is 19.3 Å². The molecule has 144 valence electrons. The lowest BCUT2D eigenvalue weighted by atomic mass is 10.0. The predicted molar refractivity (Wildman–Crippen MR) is 90.4 cm³/mol. The molecule has 9 heteroatoms. The Labute approximate surface area is 154 Å². The van der Waals surface area contributed by atoms with Gasteiger partial charge in [0.2, 0.25) is 0 Å². The first-order valence-corrected chi connectivity index (χ1v) is 8.43.